The van der Waals surface area contributed by atoms with Crippen molar-refractivity contribution in [1.29, 1.82) is 0 Å². The Hall–Kier alpha value is -1.05. The van der Waals surface area contributed by atoms with E-state index in [1.54, 1.807) is 18.7 Å². The summed E-state index contributed by atoms with van der Waals surface area (Å²) in [6, 6.07) is 0. The highest BCUT2D eigenvalue weighted by Gasteiger charge is 2.16. The fourth-order valence-corrected chi connectivity index (χ4v) is 5.24. The standard InChI is InChI=1S/C24H44N4OS2/c1-7-9-18(3)20(13-14-25)10-8-15-31-19(4)12-11-17(2)16-21-22(26)23(30)28(6)24(29)27(21)5/h12,17-18,20H,7-11,13-16,25-26H2,1-6H3/b19-12-. The average molecular weight is 469 g/mol. The third-order valence-corrected chi connectivity index (χ3v) is 7.92. The van der Waals surface area contributed by atoms with Gasteiger partial charge in [-0.15, -0.1) is 11.8 Å². The van der Waals surface area contributed by atoms with Crippen LogP contribution in [-0.2, 0) is 20.5 Å². The van der Waals surface area contributed by atoms with Crippen LogP contribution in [0.15, 0.2) is 15.8 Å². The minimum Gasteiger partial charge on any atom is -0.395 e. The third-order valence-electron chi connectivity index (χ3n) is 6.31. The SMILES string of the molecule is CCCC(C)C(CCN)CCCS/C(C)=C\CC(C)Cc1c(N)c(=S)n(C)c(=O)n1C. The lowest BCUT2D eigenvalue weighted by Gasteiger charge is -2.23. The third kappa shape index (κ3) is 8.78. The first-order valence-electron chi connectivity index (χ1n) is 11.7. The Kier molecular flexibility index (Phi) is 12.8. The molecule has 1 heterocycles. The number of thioether (sulfide) groups is 1. The number of aromatic nitrogens is 2. The molecule has 0 aliphatic heterocycles. The number of allylic oxidation sites excluding steroid dienone is 2. The van der Waals surface area contributed by atoms with Crippen molar-refractivity contribution in [3.05, 3.63) is 31.8 Å². The van der Waals surface area contributed by atoms with E-state index in [0.29, 0.717) is 16.2 Å². The molecule has 1 rings (SSSR count). The summed E-state index contributed by atoms with van der Waals surface area (Å²) in [4.78, 5) is 13.7. The second kappa shape index (κ2) is 14.2. The smallest absolute Gasteiger partial charge is 0.328 e. The normalized spacial score (nSPS) is 15.1. The Morgan fingerprint density at radius 3 is 2.48 bits per heavy atom. The summed E-state index contributed by atoms with van der Waals surface area (Å²) in [6.45, 7) is 9.84. The van der Waals surface area contributed by atoms with E-state index in [2.05, 4.69) is 33.8 Å². The van der Waals surface area contributed by atoms with Crippen molar-refractivity contribution in [2.75, 3.05) is 18.0 Å². The van der Waals surface area contributed by atoms with Crippen LogP contribution in [0.4, 0.5) is 5.69 Å². The van der Waals surface area contributed by atoms with Gasteiger partial charge in [0.2, 0.25) is 0 Å². The van der Waals surface area contributed by atoms with E-state index in [1.165, 1.54) is 35.2 Å². The van der Waals surface area contributed by atoms with Gasteiger partial charge in [0, 0.05) is 19.8 Å². The molecule has 4 N–H and O–H groups in total. The Morgan fingerprint density at radius 2 is 1.87 bits per heavy atom. The fourth-order valence-electron chi connectivity index (χ4n) is 4.20. The van der Waals surface area contributed by atoms with Gasteiger partial charge in [0.25, 0.3) is 0 Å². The monoisotopic (exact) mass is 468 g/mol. The van der Waals surface area contributed by atoms with Crippen LogP contribution in [0, 0.1) is 22.4 Å². The number of hydrogen-bond acceptors (Lipinski definition) is 5. The molecular weight excluding hydrogens is 424 g/mol. The van der Waals surface area contributed by atoms with Crippen molar-refractivity contribution in [3.63, 3.8) is 0 Å². The fraction of sp³-hybridized carbons (Fsp3) is 0.750. The summed E-state index contributed by atoms with van der Waals surface area (Å²) in [5, 5.41) is 0. The summed E-state index contributed by atoms with van der Waals surface area (Å²) >= 11 is 7.27. The molecule has 3 atom stereocenters. The van der Waals surface area contributed by atoms with Crippen molar-refractivity contribution in [3.8, 4) is 0 Å². The van der Waals surface area contributed by atoms with Gasteiger partial charge in [-0.05, 0) is 74.0 Å². The highest BCUT2D eigenvalue weighted by molar-refractivity contribution is 8.03. The van der Waals surface area contributed by atoms with Crippen LogP contribution in [0.3, 0.4) is 0 Å². The largest absolute Gasteiger partial charge is 0.395 e. The quantitative estimate of drug-likeness (QED) is 0.281. The Morgan fingerprint density at radius 1 is 1.19 bits per heavy atom. The van der Waals surface area contributed by atoms with Crippen molar-refractivity contribution in [1.82, 2.24) is 9.13 Å². The van der Waals surface area contributed by atoms with Crippen LogP contribution in [0.2, 0.25) is 0 Å². The van der Waals surface area contributed by atoms with E-state index in [9.17, 15) is 4.79 Å². The summed E-state index contributed by atoms with van der Waals surface area (Å²) in [6.07, 6.45) is 10.2. The van der Waals surface area contributed by atoms with Crippen LogP contribution >= 0.6 is 24.0 Å². The maximum absolute atomic E-state index is 12.3. The van der Waals surface area contributed by atoms with Gasteiger partial charge in [0.1, 0.15) is 4.64 Å². The molecule has 178 valence electrons. The molecule has 5 nitrogen and oxygen atoms in total. The number of anilines is 1. The molecule has 0 aliphatic carbocycles. The van der Waals surface area contributed by atoms with Gasteiger partial charge in [-0.1, -0.05) is 51.9 Å². The maximum Gasteiger partial charge on any atom is 0.328 e. The van der Waals surface area contributed by atoms with Crippen LogP contribution in [0.5, 0.6) is 0 Å². The molecule has 0 radical (unpaired) electrons. The summed E-state index contributed by atoms with van der Waals surface area (Å²) < 4.78 is 3.49. The second-order valence-corrected chi connectivity index (χ2v) is 10.7. The van der Waals surface area contributed by atoms with Gasteiger partial charge in [0.05, 0.1) is 5.69 Å². The van der Waals surface area contributed by atoms with Crippen LogP contribution < -0.4 is 17.2 Å². The molecule has 0 amide bonds. The van der Waals surface area contributed by atoms with E-state index < -0.39 is 0 Å². The molecule has 31 heavy (non-hydrogen) atoms. The van der Waals surface area contributed by atoms with Crippen LogP contribution in [0.1, 0.15) is 71.9 Å². The van der Waals surface area contributed by atoms with Gasteiger partial charge in [-0.3, -0.25) is 9.13 Å². The highest BCUT2D eigenvalue weighted by Crippen LogP contribution is 2.27. The first-order chi connectivity index (χ1) is 14.6. The predicted octanol–water partition coefficient (Wildman–Crippen LogP) is 5.42. The summed E-state index contributed by atoms with van der Waals surface area (Å²) in [5.41, 5.74) is 13.3. The van der Waals surface area contributed by atoms with Crippen molar-refractivity contribution in [2.24, 2.45) is 37.6 Å². The zero-order valence-electron chi connectivity index (χ0n) is 20.4. The second-order valence-electron chi connectivity index (χ2n) is 9.02. The van der Waals surface area contributed by atoms with Gasteiger partial charge in [0.15, 0.2) is 0 Å². The van der Waals surface area contributed by atoms with E-state index in [1.807, 2.05) is 11.8 Å². The Bertz CT molecular complexity index is 791. The van der Waals surface area contributed by atoms with E-state index >= 15 is 0 Å². The van der Waals surface area contributed by atoms with Gasteiger partial charge in [-0.25, -0.2) is 4.79 Å². The lowest BCUT2D eigenvalue weighted by molar-refractivity contribution is 0.299. The molecule has 0 aromatic carbocycles. The summed E-state index contributed by atoms with van der Waals surface area (Å²) in [7, 11) is 3.44. The number of nitrogen functional groups attached to an aromatic ring is 1. The topological polar surface area (TPSA) is 79.0 Å². The van der Waals surface area contributed by atoms with Crippen LogP contribution in [0.25, 0.3) is 0 Å². The zero-order chi connectivity index (χ0) is 23.6. The van der Waals surface area contributed by atoms with Crippen molar-refractivity contribution in [2.45, 2.75) is 72.6 Å². The number of nitrogens with zero attached hydrogens (tertiary/aromatic N) is 2. The highest BCUT2D eigenvalue weighted by atomic mass is 32.2. The number of nitrogens with two attached hydrogens (primary N) is 2. The molecule has 0 aliphatic rings. The van der Waals surface area contributed by atoms with E-state index in [4.69, 9.17) is 23.7 Å². The predicted molar refractivity (Wildman–Crippen MR) is 140 cm³/mol. The Balaban J connectivity index is 2.54. The van der Waals surface area contributed by atoms with Gasteiger partial charge < -0.3 is 11.5 Å². The molecule has 0 saturated carbocycles. The average Bonchev–Trinajstić information content (AvgIpc) is 2.74. The minimum atomic E-state index is -0.120. The molecule has 0 spiro atoms. The first kappa shape index (κ1) is 28.0. The first-order valence-corrected chi connectivity index (χ1v) is 13.1. The maximum atomic E-state index is 12.3. The molecule has 0 fully saturated rings. The van der Waals surface area contributed by atoms with Crippen LogP contribution in [-0.4, -0.2) is 21.4 Å². The molecule has 1 aromatic rings. The molecule has 1 aromatic heterocycles. The zero-order valence-corrected chi connectivity index (χ0v) is 22.1. The minimum absolute atomic E-state index is 0.120. The van der Waals surface area contributed by atoms with Gasteiger partial charge >= 0.3 is 5.69 Å². The Labute approximate surface area is 198 Å². The number of hydrogen-bond donors (Lipinski definition) is 2. The molecule has 7 heteroatoms. The van der Waals surface area contributed by atoms with Gasteiger partial charge in [-0.2, -0.15) is 0 Å². The van der Waals surface area contributed by atoms with Crippen molar-refractivity contribution < 1.29 is 0 Å². The van der Waals surface area contributed by atoms with E-state index in [0.717, 1.165) is 49.1 Å². The molecule has 0 saturated heterocycles. The van der Waals surface area contributed by atoms with E-state index in [-0.39, 0.29) is 5.69 Å². The molecule has 3 unspecified atom stereocenters. The lowest BCUT2D eigenvalue weighted by atomic mass is 9.84. The molecular formula is C24H44N4OS2. The summed E-state index contributed by atoms with van der Waals surface area (Å²) in [5.74, 6) is 3.07. The number of rotatable bonds is 14. The van der Waals surface area contributed by atoms with Crippen molar-refractivity contribution >= 4 is 29.7 Å². The molecule has 0 bridgehead atoms. The lowest BCUT2D eigenvalue weighted by Crippen LogP contribution is -2.31.